The van der Waals surface area contributed by atoms with Gasteiger partial charge in [0, 0.05) is 17.7 Å². The summed E-state index contributed by atoms with van der Waals surface area (Å²) in [6.45, 7) is 6.20. The average molecular weight is 372 g/mol. The average Bonchev–Trinajstić information content (AvgIpc) is 3.03. The molecule has 0 bridgehead atoms. The molecule has 1 unspecified atom stereocenters. The lowest BCUT2D eigenvalue weighted by molar-refractivity contribution is 0.174. The Morgan fingerprint density at radius 2 is 1.85 bits per heavy atom. The molecule has 0 saturated heterocycles. The summed E-state index contributed by atoms with van der Waals surface area (Å²) in [4.78, 5) is 0. The number of ether oxygens (including phenoxy) is 1. The monoisotopic (exact) mass is 371 g/mol. The number of nitrogens with one attached hydrogen (secondary N) is 1. The molecule has 0 fully saturated rings. The van der Waals surface area contributed by atoms with Gasteiger partial charge in [0.15, 0.2) is 0 Å². The predicted molar refractivity (Wildman–Crippen MR) is 107 cm³/mol. The van der Waals surface area contributed by atoms with Gasteiger partial charge in [0.1, 0.15) is 11.9 Å². The van der Waals surface area contributed by atoms with E-state index in [9.17, 15) is 4.21 Å². The molecule has 138 valence electrons. The first-order valence-electron chi connectivity index (χ1n) is 8.74. The number of hydrogen-bond acceptors (Lipinski definition) is 3. The van der Waals surface area contributed by atoms with Gasteiger partial charge in [-0.3, -0.25) is 4.68 Å². The van der Waals surface area contributed by atoms with E-state index in [-0.39, 0.29) is 12.1 Å². The Balaban J connectivity index is 1.91. The minimum Gasteiger partial charge on any atom is -0.484 e. The summed E-state index contributed by atoms with van der Waals surface area (Å²) in [5.74, 6) is 0.769. The minimum atomic E-state index is -1.12. The van der Waals surface area contributed by atoms with E-state index in [2.05, 4.69) is 23.7 Å². The van der Waals surface area contributed by atoms with Crippen LogP contribution in [-0.2, 0) is 11.0 Å². The van der Waals surface area contributed by atoms with E-state index < -0.39 is 11.0 Å². The lowest BCUT2D eigenvalue weighted by Gasteiger charge is -2.26. The zero-order valence-electron chi connectivity index (χ0n) is 15.5. The summed E-state index contributed by atoms with van der Waals surface area (Å²) in [6.07, 6.45) is 3.24. The molecule has 3 aromatic rings. The van der Waals surface area contributed by atoms with Crippen molar-refractivity contribution in [3.8, 4) is 5.75 Å². The van der Waals surface area contributed by atoms with Crippen molar-refractivity contribution in [1.29, 1.82) is 0 Å². The standard InChI is InChI=1S/C20H25N3O2S/c1-14(2)23-19-11-10-18(12-17(19)13-21-23)25-20(15(3)22-26(4)24)16-8-6-5-7-9-16/h5-15,20,22H,1-4H3/t15-,20-,26?/m0/s1. The second-order valence-corrected chi connectivity index (χ2v) is 7.86. The Hall–Kier alpha value is -2.18. The van der Waals surface area contributed by atoms with Gasteiger partial charge in [-0.05, 0) is 44.5 Å². The highest BCUT2D eigenvalue weighted by atomic mass is 32.2. The number of aromatic nitrogens is 2. The lowest BCUT2D eigenvalue weighted by atomic mass is 10.0. The van der Waals surface area contributed by atoms with Gasteiger partial charge in [-0.15, -0.1) is 0 Å². The van der Waals surface area contributed by atoms with E-state index in [0.29, 0.717) is 6.04 Å². The largest absolute Gasteiger partial charge is 0.484 e. The zero-order chi connectivity index (χ0) is 18.7. The molecule has 0 aliphatic heterocycles. The first-order valence-corrected chi connectivity index (χ1v) is 10.3. The molecular formula is C20H25N3O2S. The lowest BCUT2D eigenvalue weighted by Crippen LogP contribution is -2.35. The van der Waals surface area contributed by atoms with E-state index in [1.165, 1.54) is 0 Å². The summed E-state index contributed by atoms with van der Waals surface area (Å²) in [5.41, 5.74) is 2.13. The molecule has 26 heavy (non-hydrogen) atoms. The van der Waals surface area contributed by atoms with E-state index in [0.717, 1.165) is 22.2 Å². The van der Waals surface area contributed by atoms with Crippen LogP contribution in [0.4, 0.5) is 0 Å². The van der Waals surface area contributed by atoms with Crippen molar-refractivity contribution in [2.45, 2.75) is 39.0 Å². The third-order valence-corrected chi connectivity index (χ3v) is 4.96. The number of nitrogens with zero attached hydrogens (tertiary/aromatic N) is 2. The molecule has 1 heterocycles. The smallest absolute Gasteiger partial charge is 0.140 e. The van der Waals surface area contributed by atoms with Crippen molar-refractivity contribution in [2.24, 2.45) is 0 Å². The fourth-order valence-electron chi connectivity index (χ4n) is 3.09. The van der Waals surface area contributed by atoms with E-state index >= 15 is 0 Å². The molecule has 3 rings (SSSR count). The molecule has 2 aromatic carbocycles. The number of benzene rings is 2. The van der Waals surface area contributed by atoms with E-state index in [1.54, 1.807) is 6.26 Å². The third-order valence-electron chi connectivity index (χ3n) is 4.25. The number of hydrogen-bond donors (Lipinski definition) is 1. The first kappa shape index (κ1) is 18.6. The van der Waals surface area contributed by atoms with Crippen LogP contribution in [0.3, 0.4) is 0 Å². The summed E-state index contributed by atoms with van der Waals surface area (Å²) < 4.78 is 23.0. The molecule has 0 aliphatic rings. The quantitative estimate of drug-likeness (QED) is 0.683. The van der Waals surface area contributed by atoms with E-state index in [1.807, 2.05) is 66.3 Å². The molecule has 0 radical (unpaired) electrons. The summed E-state index contributed by atoms with van der Waals surface area (Å²) in [5, 5.41) is 5.50. The number of fused-ring (bicyclic) bond motifs is 1. The predicted octanol–water partition coefficient (Wildman–Crippen LogP) is 4.01. The molecule has 5 nitrogen and oxygen atoms in total. The third kappa shape index (κ3) is 4.14. The van der Waals surface area contributed by atoms with Crippen molar-refractivity contribution in [3.05, 3.63) is 60.3 Å². The highest BCUT2D eigenvalue weighted by molar-refractivity contribution is 7.82. The molecular weight excluding hydrogens is 346 g/mol. The van der Waals surface area contributed by atoms with Crippen LogP contribution in [0.2, 0.25) is 0 Å². The minimum absolute atomic E-state index is 0.114. The normalized spacial score (nSPS) is 15.1. The highest BCUT2D eigenvalue weighted by Crippen LogP contribution is 2.28. The maximum atomic E-state index is 11.6. The van der Waals surface area contributed by atoms with Crippen LogP contribution in [0.15, 0.2) is 54.7 Å². The van der Waals surface area contributed by atoms with Gasteiger partial charge < -0.3 is 4.74 Å². The van der Waals surface area contributed by atoms with Crippen molar-refractivity contribution in [2.75, 3.05) is 6.26 Å². The highest BCUT2D eigenvalue weighted by Gasteiger charge is 2.22. The molecule has 0 spiro atoms. The van der Waals surface area contributed by atoms with Crippen molar-refractivity contribution in [1.82, 2.24) is 14.5 Å². The Morgan fingerprint density at radius 1 is 1.12 bits per heavy atom. The van der Waals surface area contributed by atoms with Crippen LogP contribution in [0.5, 0.6) is 5.75 Å². The first-order chi connectivity index (χ1) is 12.5. The van der Waals surface area contributed by atoms with Crippen molar-refractivity contribution >= 4 is 21.9 Å². The number of rotatable bonds is 7. The molecule has 0 aliphatic carbocycles. The fourth-order valence-corrected chi connectivity index (χ4v) is 3.73. The summed E-state index contributed by atoms with van der Waals surface area (Å²) >= 11 is 0. The zero-order valence-corrected chi connectivity index (χ0v) is 16.4. The Labute approximate surface area is 157 Å². The van der Waals surface area contributed by atoms with Crippen LogP contribution in [0, 0.1) is 0 Å². The Morgan fingerprint density at radius 3 is 2.50 bits per heavy atom. The van der Waals surface area contributed by atoms with Crippen molar-refractivity contribution in [3.63, 3.8) is 0 Å². The summed E-state index contributed by atoms with van der Waals surface area (Å²) in [6, 6.07) is 16.2. The Bertz CT molecular complexity index is 892. The van der Waals surface area contributed by atoms with Crippen LogP contribution in [-0.4, -0.2) is 26.3 Å². The topological polar surface area (TPSA) is 56.1 Å². The second-order valence-electron chi connectivity index (χ2n) is 6.71. The van der Waals surface area contributed by atoms with Gasteiger partial charge in [0.05, 0.1) is 28.7 Å². The van der Waals surface area contributed by atoms with Gasteiger partial charge >= 0.3 is 0 Å². The fraction of sp³-hybridized carbons (Fsp3) is 0.350. The van der Waals surface area contributed by atoms with Gasteiger partial charge in [0.2, 0.25) is 0 Å². The Kier molecular flexibility index (Phi) is 5.74. The molecule has 3 atom stereocenters. The maximum Gasteiger partial charge on any atom is 0.140 e. The molecule has 6 heteroatoms. The molecule has 1 N–H and O–H groups in total. The molecule has 0 amide bonds. The van der Waals surface area contributed by atoms with Gasteiger partial charge in [0.25, 0.3) is 0 Å². The van der Waals surface area contributed by atoms with Gasteiger partial charge in [-0.1, -0.05) is 30.3 Å². The van der Waals surface area contributed by atoms with Crippen LogP contribution in [0.25, 0.3) is 10.9 Å². The van der Waals surface area contributed by atoms with E-state index in [4.69, 9.17) is 4.74 Å². The molecule has 1 aromatic heterocycles. The maximum absolute atomic E-state index is 11.6. The van der Waals surface area contributed by atoms with Gasteiger partial charge in [-0.25, -0.2) is 8.93 Å². The van der Waals surface area contributed by atoms with Crippen LogP contribution >= 0.6 is 0 Å². The molecule has 0 saturated carbocycles. The van der Waals surface area contributed by atoms with Crippen molar-refractivity contribution < 1.29 is 8.95 Å². The van der Waals surface area contributed by atoms with Crippen LogP contribution < -0.4 is 9.46 Å². The van der Waals surface area contributed by atoms with Gasteiger partial charge in [-0.2, -0.15) is 5.10 Å². The second kappa shape index (κ2) is 8.01. The summed E-state index contributed by atoms with van der Waals surface area (Å²) in [7, 11) is -1.12. The van der Waals surface area contributed by atoms with Crippen LogP contribution in [0.1, 0.15) is 38.5 Å². The SMILES string of the molecule is CC(C)n1ncc2cc(O[C@H](c3ccccc3)[C@H](C)NS(C)=O)ccc21.